The smallest absolute Gasteiger partial charge is 0.306 e. The molecule has 1 heterocycles. The Bertz CT molecular complexity index is 395. The van der Waals surface area contributed by atoms with Gasteiger partial charge in [0.2, 0.25) is 0 Å². The van der Waals surface area contributed by atoms with E-state index in [4.69, 9.17) is 5.11 Å². The molecule has 0 saturated heterocycles. The van der Waals surface area contributed by atoms with E-state index >= 15 is 0 Å². The van der Waals surface area contributed by atoms with Crippen molar-refractivity contribution in [3.63, 3.8) is 0 Å². The van der Waals surface area contributed by atoms with Crippen LogP contribution in [0.3, 0.4) is 0 Å². The van der Waals surface area contributed by atoms with Gasteiger partial charge in [-0.05, 0) is 31.1 Å². The normalized spacial score (nSPS) is 19.7. The van der Waals surface area contributed by atoms with Gasteiger partial charge in [-0.1, -0.05) is 11.8 Å². The Morgan fingerprint density at radius 3 is 3.13 bits per heavy atom. The van der Waals surface area contributed by atoms with E-state index in [9.17, 15) is 4.79 Å². The van der Waals surface area contributed by atoms with Gasteiger partial charge < -0.3 is 5.11 Å². The summed E-state index contributed by atoms with van der Waals surface area (Å²) < 4.78 is 0. The summed E-state index contributed by atoms with van der Waals surface area (Å²) in [4.78, 5) is 19.4. The topological polar surface area (TPSA) is 63.1 Å². The minimum Gasteiger partial charge on any atom is -0.481 e. The number of aryl methyl sites for hydroxylation is 1. The van der Waals surface area contributed by atoms with Crippen molar-refractivity contribution in [2.75, 3.05) is 6.26 Å². The maximum absolute atomic E-state index is 10.8. The van der Waals surface area contributed by atoms with Crippen LogP contribution in [0.15, 0.2) is 11.4 Å². The van der Waals surface area contributed by atoms with Gasteiger partial charge in [0, 0.05) is 11.9 Å². The van der Waals surface area contributed by atoms with E-state index in [0.29, 0.717) is 12.8 Å². The summed E-state index contributed by atoms with van der Waals surface area (Å²) in [6.45, 7) is 0. The molecule has 0 saturated carbocycles. The minimum absolute atomic E-state index is 0.263. The number of carboxylic acid groups (broad SMARTS) is 1. The standard InChI is InChI=1S/C10H12N2O2S/c1-15-10-11-5-7-4-6(9(13)14)2-3-8(7)12-10/h5-6H,2-4H2,1H3,(H,13,14). The minimum atomic E-state index is -0.713. The first-order chi connectivity index (χ1) is 7.20. The Hall–Kier alpha value is -1.10. The number of aromatic nitrogens is 2. The maximum Gasteiger partial charge on any atom is 0.306 e. The lowest BCUT2D eigenvalue weighted by Crippen LogP contribution is -2.23. The van der Waals surface area contributed by atoms with E-state index < -0.39 is 5.97 Å². The Kier molecular flexibility index (Phi) is 2.90. The molecule has 1 aromatic rings. The Labute approximate surface area is 92.1 Å². The third kappa shape index (κ3) is 2.12. The van der Waals surface area contributed by atoms with E-state index in [2.05, 4.69) is 9.97 Å². The highest BCUT2D eigenvalue weighted by molar-refractivity contribution is 7.98. The first kappa shape index (κ1) is 10.4. The molecule has 0 aromatic carbocycles. The molecule has 0 fully saturated rings. The van der Waals surface area contributed by atoms with E-state index in [-0.39, 0.29) is 5.92 Å². The quantitative estimate of drug-likeness (QED) is 0.607. The van der Waals surface area contributed by atoms with E-state index in [0.717, 1.165) is 22.8 Å². The predicted molar refractivity (Wildman–Crippen MR) is 57.0 cm³/mol. The number of aliphatic carboxylic acids is 1. The number of thioether (sulfide) groups is 1. The molecule has 15 heavy (non-hydrogen) atoms. The average Bonchev–Trinajstić information content (AvgIpc) is 2.27. The van der Waals surface area contributed by atoms with Crippen LogP contribution in [0, 0.1) is 5.92 Å². The maximum atomic E-state index is 10.8. The van der Waals surface area contributed by atoms with Crippen LogP contribution in [-0.2, 0) is 17.6 Å². The lowest BCUT2D eigenvalue weighted by molar-refractivity contribution is -0.142. The number of carbonyl (C=O) groups is 1. The van der Waals surface area contributed by atoms with Gasteiger partial charge in [-0.3, -0.25) is 4.79 Å². The number of nitrogens with zero attached hydrogens (tertiary/aromatic N) is 2. The van der Waals surface area contributed by atoms with E-state index in [1.165, 1.54) is 11.8 Å². The van der Waals surface area contributed by atoms with Crippen LogP contribution in [0.5, 0.6) is 0 Å². The Morgan fingerprint density at radius 2 is 2.47 bits per heavy atom. The molecule has 1 atom stereocenters. The van der Waals surface area contributed by atoms with Crippen molar-refractivity contribution in [2.45, 2.75) is 24.4 Å². The zero-order valence-corrected chi connectivity index (χ0v) is 9.25. The molecule has 2 rings (SSSR count). The van der Waals surface area contributed by atoms with Gasteiger partial charge in [0.05, 0.1) is 5.92 Å². The molecule has 80 valence electrons. The van der Waals surface area contributed by atoms with Crippen molar-refractivity contribution in [1.82, 2.24) is 9.97 Å². The van der Waals surface area contributed by atoms with Gasteiger partial charge in [-0.25, -0.2) is 9.97 Å². The molecule has 1 aromatic heterocycles. The van der Waals surface area contributed by atoms with Crippen molar-refractivity contribution in [3.8, 4) is 0 Å². The first-order valence-electron chi connectivity index (χ1n) is 4.82. The summed E-state index contributed by atoms with van der Waals surface area (Å²) in [6.07, 6.45) is 5.71. The molecule has 1 aliphatic carbocycles. The lowest BCUT2D eigenvalue weighted by atomic mass is 9.87. The van der Waals surface area contributed by atoms with E-state index in [1.807, 2.05) is 6.26 Å². The van der Waals surface area contributed by atoms with Crippen LogP contribution in [0.1, 0.15) is 17.7 Å². The molecule has 0 bridgehead atoms. The van der Waals surface area contributed by atoms with Crippen LogP contribution in [0.25, 0.3) is 0 Å². The highest BCUT2D eigenvalue weighted by Gasteiger charge is 2.25. The molecule has 1 N–H and O–H groups in total. The summed E-state index contributed by atoms with van der Waals surface area (Å²) in [6, 6.07) is 0. The molecule has 0 radical (unpaired) electrons. The number of hydrogen-bond donors (Lipinski definition) is 1. The monoisotopic (exact) mass is 224 g/mol. The van der Waals surface area contributed by atoms with Gasteiger partial charge in [-0.2, -0.15) is 0 Å². The van der Waals surface area contributed by atoms with Gasteiger partial charge in [0.1, 0.15) is 0 Å². The summed E-state index contributed by atoms with van der Waals surface area (Å²) in [7, 11) is 0. The fourth-order valence-electron chi connectivity index (χ4n) is 1.80. The Balaban J connectivity index is 2.24. The molecule has 0 amide bonds. The van der Waals surface area contributed by atoms with Crippen molar-refractivity contribution in [3.05, 3.63) is 17.5 Å². The summed E-state index contributed by atoms with van der Waals surface area (Å²) in [5.41, 5.74) is 2.01. The third-order valence-electron chi connectivity index (χ3n) is 2.66. The summed E-state index contributed by atoms with van der Waals surface area (Å²) in [5, 5.41) is 9.69. The molecule has 1 aliphatic rings. The second kappa shape index (κ2) is 4.18. The highest BCUT2D eigenvalue weighted by Crippen LogP contribution is 2.25. The van der Waals surface area contributed by atoms with Crippen molar-refractivity contribution >= 4 is 17.7 Å². The average molecular weight is 224 g/mol. The van der Waals surface area contributed by atoms with Gasteiger partial charge in [-0.15, -0.1) is 0 Å². The Morgan fingerprint density at radius 1 is 1.67 bits per heavy atom. The highest BCUT2D eigenvalue weighted by atomic mass is 32.2. The van der Waals surface area contributed by atoms with Gasteiger partial charge in [0.15, 0.2) is 5.16 Å². The van der Waals surface area contributed by atoms with Crippen molar-refractivity contribution < 1.29 is 9.90 Å². The van der Waals surface area contributed by atoms with Gasteiger partial charge in [0.25, 0.3) is 0 Å². The second-order valence-corrected chi connectivity index (χ2v) is 4.38. The van der Waals surface area contributed by atoms with Crippen LogP contribution in [-0.4, -0.2) is 27.3 Å². The predicted octanol–water partition coefficient (Wildman–Crippen LogP) is 1.39. The largest absolute Gasteiger partial charge is 0.481 e. The number of rotatable bonds is 2. The summed E-state index contributed by atoms with van der Waals surface area (Å²) >= 11 is 1.51. The third-order valence-corrected chi connectivity index (χ3v) is 3.22. The summed E-state index contributed by atoms with van der Waals surface area (Å²) in [5.74, 6) is -0.976. The lowest BCUT2D eigenvalue weighted by Gasteiger charge is -2.20. The molecular formula is C10H12N2O2S. The number of fused-ring (bicyclic) bond motifs is 1. The number of hydrogen-bond acceptors (Lipinski definition) is 4. The van der Waals surface area contributed by atoms with Crippen LogP contribution >= 0.6 is 11.8 Å². The molecular weight excluding hydrogens is 212 g/mol. The van der Waals surface area contributed by atoms with Crippen LogP contribution in [0.2, 0.25) is 0 Å². The SMILES string of the molecule is CSc1ncc2c(n1)CCC(C(=O)O)C2. The first-order valence-corrected chi connectivity index (χ1v) is 6.04. The molecule has 0 aliphatic heterocycles. The van der Waals surface area contributed by atoms with E-state index in [1.54, 1.807) is 6.20 Å². The molecule has 0 spiro atoms. The fraction of sp³-hybridized carbons (Fsp3) is 0.500. The van der Waals surface area contributed by atoms with Crippen molar-refractivity contribution in [1.29, 1.82) is 0 Å². The molecule has 5 heteroatoms. The molecule has 1 unspecified atom stereocenters. The van der Waals surface area contributed by atoms with Crippen LogP contribution in [0.4, 0.5) is 0 Å². The van der Waals surface area contributed by atoms with Gasteiger partial charge >= 0.3 is 5.97 Å². The fourth-order valence-corrected chi connectivity index (χ4v) is 2.16. The van der Waals surface area contributed by atoms with Crippen LogP contribution < -0.4 is 0 Å². The second-order valence-electron chi connectivity index (χ2n) is 3.61. The zero-order valence-electron chi connectivity index (χ0n) is 8.43. The number of carboxylic acids is 1. The molecule has 4 nitrogen and oxygen atoms in total. The zero-order chi connectivity index (χ0) is 10.8. The van der Waals surface area contributed by atoms with Crippen molar-refractivity contribution in [2.24, 2.45) is 5.92 Å².